The molecule has 3 heteroatoms. The number of aliphatic hydroxyl groups is 1. The Morgan fingerprint density at radius 2 is 2.11 bits per heavy atom. The van der Waals surface area contributed by atoms with Gasteiger partial charge in [0.1, 0.15) is 0 Å². The summed E-state index contributed by atoms with van der Waals surface area (Å²) in [5.74, 6) is -0.676. The van der Waals surface area contributed by atoms with E-state index in [0.29, 0.717) is 0 Å². The Balaban J connectivity index is 3.51. The van der Waals surface area contributed by atoms with Gasteiger partial charge in [0.05, 0.1) is 6.10 Å². The number of carbonyl (C=O) groups excluding carboxylic acids is 1. The minimum absolute atomic E-state index is 0.186. The van der Waals surface area contributed by atoms with E-state index in [1.54, 1.807) is 13.8 Å². The largest absolute Gasteiger partial charge is 0.461 e. The first-order chi connectivity index (χ1) is 4.04. The van der Waals surface area contributed by atoms with E-state index in [1.165, 1.54) is 0 Å². The molecule has 0 spiro atoms. The van der Waals surface area contributed by atoms with Crippen molar-refractivity contribution in [3.8, 4) is 0 Å². The molecular formula is C6H11O3. The van der Waals surface area contributed by atoms with Gasteiger partial charge in [-0.1, -0.05) is 0 Å². The maximum atomic E-state index is 10.4. The maximum absolute atomic E-state index is 10.4. The molecule has 0 aromatic rings. The zero-order valence-corrected chi connectivity index (χ0v) is 5.63. The van der Waals surface area contributed by atoms with Crippen LogP contribution in [0.5, 0.6) is 0 Å². The highest BCUT2D eigenvalue weighted by Crippen LogP contribution is 1.91. The number of aliphatic hydroxyl groups excluding tert-OH is 1. The number of rotatable bonds is 2. The molecule has 0 aromatic carbocycles. The van der Waals surface area contributed by atoms with E-state index < -0.39 is 12.1 Å². The molecule has 0 rings (SSSR count). The van der Waals surface area contributed by atoms with Gasteiger partial charge in [0.15, 0.2) is 6.10 Å². The van der Waals surface area contributed by atoms with Crippen LogP contribution in [0.2, 0.25) is 0 Å². The molecular weight excluding hydrogens is 120 g/mol. The topological polar surface area (TPSA) is 46.5 Å². The fraction of sp³-hybridized carbons (Fsp3) is 0.667. The molecule has 0 fully saturated rings. The summed E-state index contributed by atoms with van der Waals surface area (Å²) in [5.41, 5.74) is 0. The van der Waals surface area contributed by atoms with Crippen molar-refractivity contribution in [2.45, 2.75) is 26.1 Å². The summed E-state index contributed by atoms with van der Waals surface area (Å²) in [6, 6.07) is 0. The lowest BCUT2D eigenvalue weighted by Crippen LogP contribution is -2.22. The summed E-state index contributed by atoms with van der Waals surface area (Å²) < 4.78 is 4.56. The van der Waals surface area contributed by atoms with Gasteiger partial charge in [0.25, 0.3) is 0 Å². The Kier molecular flexibility index (Phi) is 3.24. The fourth-order valence-electron chi connectivity index (χ4n) is 0.311. The van der Waals surface area contributed by atoms with Crippen LogP contribution in [-0.2, 0) is 9.53 Å². The molecule has 9 heavy (non-hydrogen) atoms. The molecule has 1 unspecified atom stereocenters. The van der Waals surface area contributed by atoms with Crippen LogP contribution in [0, 0.1) is 6.92 Å². The molecule has 0 aliphatic heterocycles. The molecule has 0 amide bonds. The van der Waals surface area contributed by atoms with Gasteiger partial charge in [-0.3, -0.25) is 0 Å². The second-order valence-electron chi connectivity index (χ2n) is 2.00. The summed E-state index contributed by atoms with van der Waals surface area (Å²) in [5, 5.41) is 8.48. The van der Waals surface area contributed by atoms with Gasteiger partial charge in [-0.2, -0.15) is 0 Å². The van der Waals surface area contributed by atoms with Crippen molar-refractivity contribution in [2.24, 2.45) is 0 Å². The maximum Gasteiger partial charge on any atom is 0.335 e. The Labute approximate surface area is 54.6 Å². The number of esters is 1. The minimum Gasteiger partial charge on any atom is -0.461 e. The van der Waals surface area contributed by atoms with E-state index in [4.69, 9.17) is 5.11 Å². The molecule has 1 atom stereocenters. The van der Waals surface area contributed by atoms with Crippen LogP contribution in [-0.4, -0.2) is 23.3 Å². The van der Waals surface area contributed by atoms with Crippen molar-refractivity contribution in [3.05, 3.63) is 6.92 Å². The van der Waals surface area contributed by atoms with E-state index in [0.717, 1.165) is 0 Å². The number of hydrogen-bond acceptors (Lipinski definition) is 3. The zero-order valence-electron chi connectivity index (χ0n) is 5.63. The van der Waals surface area contributed by atoms with Crippen LogP contribution in [0.25, 0.3) is 0 Å². The summed E-state index contributed by atoms with van der Waals surface area (Å²) in [6.07, 6.45) is -1.44. The number of carbonyl (C=O) groups is 1. The van der Waals surface area contributed by atoms with E-state index in [9.17, 15) is 4.79 Å². The Morgan fingerprint density at radius 1 is 1.67 bits per heavy atom. The normalized spacial score (nSPS) is 13.4. The van der Waals surface area contributed by atoms with Crippen molar-refractivity contribution in [1.29, 1.82) is 0 Å². The summed E-state index contributed by atoms with van der Waals surface area (Å²) in [6.45, 7) is 6.49. The van der Waals surface area contributed by atoms with E-state index in [2.05, 4.69) is 11.7 Å². The average Bonchev–Trinajstić information content (AvgIpc) is 1.63. The molecule has 0 aromatic heterocycles. The second kappa shape index (κ2) is 3.45. The van der Waals surface area contributed by atoms with Gasteiger partial charge in [0.2, 0.25) is 0 Å². The Morgan fingerprint density at radius 3 is 2.22 bits per heavy atom. The summed E-state index contributed by atoms with van der Waals surface area (Å²) in [4.78, 5) is 10.4. The molecule has 0 saturated heterocycles. The van der Waals surface area contributed by atoms with E-state index in [-0.39, 0.29) is 6.10 Å². The van der Waals surface area contributed by atoms with Gasteiger partial charge < -0.3 is 9.84 Å². The molecule has 0 heterocycles. The zero-order chi connectivity index (χ0) is 7.44. The highest BCUT2D eigenvalue weighted by Gasteiger charge is 2.10. The smallest absolute Gasteiger partial charge is 0.335 e. The molecule has 0 aliphatic rings. The first-order valence-electron chi connectivity index (χ1n) is 2.75. The Hall–Kier alpha value is -0.570. The average molecular weight is 131 g/mol. The molecule has 0 aliphatic carbocycles. The molecule has 3 nitrogen and oxygen atoms in total. The van der Waals surface area contributed by atoms with Crippen LogP contribution >= 0.6 is 0 Å². The van der Waals surface area contributed by atoms with Crippen molar-refractivity contribution < 1.29 is 14.6 Å². The highest BCUT2D eigenvalue weighted by atomic mass is 16.6. The highest BCUT2D eigenvalue weighted by molar-refractivity contribution is 5.75. The van der Waals surface area contributed by atoms with Gasteiger partial charge in [0, 0.05) is 0 Å². The minimum atomic E-state index is -1.26. The van der Waals surface area contributed by atoms with E-state index in [1.807, 2.05) is 0 Å². The summed E-state index contributed by atoms with van der Waals surface area (Å²) in [7, 11) is 0. The van der Waals surface area contributed by atoms with Crippen molar-refractivity contribution in [2.75, 3.05) is 0 Å². The van der Waals surface area contributed by atoms with Crippen LogP contribution in [0.1, 0.15) is 13.8 Å². The lowest BCUT2D eigenvalue weighted by atomic mass is 10.4. The molecule has 0 saturated carbocycles. The summed E-state index contributed by atoms with van der Waals surface area (Å²) >= 11 is 0. The monoisotopic (exact) mass is 131 g/mol. The standard InChI is InChI=1S/C6H11O3/c1-4(2)9-6(8)5(3)7/h4-5,7H,3H2,1-2H3. The molecule has 1 N–H and O–H groups in total. The second-order valence-corrected chi connectivity index (χ2v) is 2.00. The fourth-order valence-corrected chi connectivity index (χ4v) is 0.311. The molecule has 0 bridgehead atoms. The van der Waals surface area contributed by atoms with Gasteiger partial charge >= 0.3 is 5.97 Å². The van der Waals surface area contributed by atoms with Crippen LogP contribution in [0.15, 0.2) is 0 Å². The molecule has 1 radical (unpaired) electrons. The third kappa shape index (κ3) is 3.97. The van der Waals surface area contributed by atoms with Crippen molar-refractivity contribution in [3.63, 3.8) is 0 Å². The van der Waals surface area contributed by atoms with Crippen LogP contribution < -0.4 is 0 Å². The van der Waals surface area contributed by atoms with Crippen LogP contribution in [0.3, 0.4) is 0 Å². The predicted octanol–water partition coefficient (Wildman–Crippen LogP) is 0.133. The lowest BCUT2D eigenvalue weighted by Gasteiger charge is -2.08. The third-order valence-electron chi connectivity index (χ3n) is 0.624. The van der Waals surface area contributed by atoms with Gasteiger partial charge in [-0.05, 0) is 20.8 Å². The first-order valence-corrected chi connectivity index (χ1v) is 2.75. The SMILES string of the molecule is [CH2]C(O)C(=O)OC(C)C. The predicted molar refractivity (Wildman–Crippen MR) is 32.6 cm³/mol. The number of ether oxygens (including phenoxy) is 1. The van der Waals surface area contributed by atoms with Gasteiger partial charge in [-0.15, -0.1) is 0 Å². The van der Waals surface area contributed by atoms with E-state index >= 15 is 0 Å². The number of hydrogen-bond donors (Lipinski definition) is 1. The lowest BCUT2D eigenvalue weighted by molar-refractivity contribution is -0.154. The quantitative estimate of drug-likeness (QED) is 0.542. The molecule has 53 valence electrons. The van der Waals surface area contributed by atoms with Gasteiger partial charge in [-0.25, -0.2) is 4.79 Å². The Bertz CT molecular complexity index is 96.5. The van der Waals surface area contributed by atoms with Crippen molar-refractivity contribution >= 4 is 5.97 Å². The van der Waals surface area contributed by atoms with Crippen LogP contribution in [0.4, 0.5) is 0 Å². The first kappa shape index (κ1) is 8.43. The van der Waals surface area contributed by atoms with Crippen molar-refractivity contribution in [1.82, 2.24) is 0 Å². The third-order valence-corrected chi connectivity index (χ3v) is 0.624.